The van der Waals surface area contributed by atoms with Gasteiger partial charge >= 0.3 is 0 Å². The minimum Gasteiger partial charge on any atom is -0.393 e. The van der Waals surface area contributed by atoms with Crippen LogP contribution >= 0.6 is 0 Å². The zero-order chi connectivity index (χ0) is 21.8. The van der Waals surface area contributed by atoms with Crippen LogP contribution in [0.25, 0.3) is 0 Å². The van der Waals surface area contributed by atoms with Crippen molar-refractivity contribution in [3.05, 3.63) is 11.8 Å². The van der Waals surface area contributed by atoms with Gasteiger partial charge in [-0.15, -0.1) is 0 Å². The second kappa shape index (κ2) is 6.70. The fourth-order valence-electron chi connectivity index (χ4n) is 2.01. The van der Waals surface area contributed by atoms with E-state index in [9.17, 15) is 9.90 Å². The largest absolute Gasteiger partial charge is 0.393 e. The zero-order valence-electron chi connectivity index (χ0n) is 18.8. The lowest BCUT2D eigenvalue weighted by molar-refractivity contribution is 0.0739. The molecule has 1 heterocycles. The Morgan fingerprint density at radius 2 is 2.26 bits per heavy atom. The minimum atomic E-state index is -2.39. The average molecular weight is 326 g/mol. The fraction of sp³-hybridized carbons (Fsp3) is 0.688. The average Bonchev–Trinajstić information content (AvgIpc) is 2.41. The molecule has 1 aliphatic rings. The summed E-state index contributed by atoms with van der Waals surface area (Å²) in [5.41, 5.74) is 4.79. The maximum absolute atomic E-state index is 11.8. The highest BCUT2D eigenvalue weighted by Crippen LogP contribution is 2.27. The monoisotopic (exact) mass is 326 g/mol. The van der Waals surface area contributed by atoms with Gasteiger partial charge in [-0.1, -0.05) is 6.92 Å². The van der Waals surface area contributed by atoms with Gasteiger partial charge < -0.3 is 21.5 Å². The first kappa shape index (κ1) is 11.6. The Morgan fingerprint density at radius 3 is 2.87 bits per heavy atom. The third-order valence-corrected chi connectivity index (χ3v) is 3.21. The van der Waals surface area contributed by atoms with Gasteiger partial charge in [-0.25, -0.2) is 4.98 Å². The molecule has 1 aromatic rings. The van der Waals surface area contributed by atoms with Crippen LogP contribution in [0.4, 0.5) is 11.8 Å². The molecule has 0 aromatic carbocycles. The van der Waals surface area contributed by atoms with E-state index in [0.717, 1.165) is 6.20 Å². The molecule has 3 atom stereocenters. The predicted octanol–water partition coefficient (Wildman–Crippen LogP) is 1.75. The van der Waals surface area contributed by atoms with Crippen molar-refractivity contribution >= 4 is 17.7 Å². The van der Waals surface area contributed by atoms with Gasteiger partial charge in [0.1, 0.15) is 5.82 Å². The molecule has 7 heteroatoms. The van der Waals surface area contributed by atoms with E-state index in [-0.39, 0.29) is 17.3 Å². The molecular formula is C16H27N5O2. The summed E-state index contributed by atoms with van der Waals surface area (Å²) in [6, 6.07) is -2.23. The van der Waals surface area contributed by atoms with Crippen molar-refractivity contribution in [1.29, 1.82) is 0 Å². The molecule has 0 bridgehead atoms. The summed E-state index contributed by atoms with van der Waals surface area (Å²) in [5.74, 6) is -2.75. The second-order valence-electron chi connectivity index (χ2n) is 6.56. The van der Waals surface area contributed by atoms with Gasteiger partial charge in [-0.3, -0.25) is 4.79 Å². The van der Waals surface area contributed by atoms with Crippen molar-refractivity contribution in [1.82, 2.24) is 9.97 Å². The molecule has 1 amide bonds. The van der Waals surface area contributed by atoms with Crippen LogP contribution in [0, 0.1) is 5.89 Å². The summed E-state index contributed by atoms with van der Waals surface area (Å²) in [5, 5.41) is 15.9. The number of nitrogens with two attached hydrogens (primary N) is 1. The smallest absolute Gasteiger partial charge is 0.254 e. The number of amides is 1. The van der Waals surface area contributed by atoms with Gasteiger partial charge in [-0.05, 0) is 45.9 Å². The van der Waals surface area contributed by atoms with Crippen LogP contribution in [0.5, 0.6) is 0 Å². The Balaban J connectivity index is 2.49. The third kappa shape index (κ3) is 4.79. The fourth-order valence-corrected chi connectivity index (χ4v) is 2.01. The van der Waals surface area contributed by atoms with E-state index in [1.54, 1.807) is 0 Å². The normalized spacial score (nSPS) is 40.0. The first-order valence-electron chi connectivity index (χ1n) is 9.85. The maximum Gasteiger partial charge on any atom is 0.254 e. The molecule has 1 aliphatic carbocycles. The molecular weight excluding hydrogens is 294 g/mol. The number of carbonyl (C=O) groups is 1. The van der Waals surface area contributed by atoms with Gasteiger partial charge in [0.05, 0.1) is 14.4 Å². The van der Waals surface area contributed by atoms with Crippen LogP contribution in [0.1, 0.15) is 64.1 Å². The summed E-state index contributed by atoms with van der Waals surface area (Å²) in [6.07, 6.45) is -4.83. The van der Waals surface area contributed by atoms with E-state index >= 15 is 0 Å². The first-order valence-corrected chi connectivity index (χ1v) is 7.35. The van der Waals surface area contributed by atoms with Crippen molar-refractivity contribution in [2.24, 2.45) is 11.6 Å². The molecule has 0 aliphatic heterocycles. The highest BCUT2D eigenvalue weighted by molar-refractivity contribution is 5.97. The van der Waals surface area contributed by atoms with Gasteiger partial charge in [0.2, 0.25) is 5.95 Å². The lowest BCUT2D eigenvalue weighted by Gasteiger charge is -2.32. The Bertz CT molecular complexity index is 781. The molecule has 1 saturated carbocycles. The molecule has 5 N–H and O–H groups in total. The van der Waals surface area contributed by atoms with E-state index in [4.69, 9.17) is 12.6 Å². The quantitative estimate of drug-likeness (QED) is 0.670. The predicted molar refractivity (Wildman–Crippen MR) is 90.4 cm³/mol. The number of carbonyl (C=O) groups excluding carboxylic acids is 1. The van der Waals surface area contributed by atoms with Crippen LogP contribution in [0.2, 0.25) is 0 Å². The molecule has 2 rings (SSSR count). The van der Waals surface area contributed by atoms with Crippen LogP contribution in [-0.4, -0.2) is 38.6 Å². The molecule has 128 valence electrons. The Labute approximate surface area is 144 Å². The number of hydrogen-bond donors (Lipinski definition) is 4. The molecule has 23 heavy (non-hydrogen) atoms. The molecule has 1 aromatic heterocycles. The summed E-state index contributed by atoms with van der Waals surface area (Å²) < 4.78 is 41.2. The number of primary amides is 1. The number of nitrogens with one attached hydrogen (secondary N) is 2. The molecule has 1 fully saturated rings. The van der Waals surface area contributed by atoms with E-state index in [1.165, 1.54) is 6.92 Å². The van der Waals surface area contributed by atoms with Crippen LogP contribution < -0.4 is 16.4 Å². The number of anilines is 2. The number of hydrogen-bond acceptors (Lipinski definition) is 6. The molecule has 7 nitrogen and oxygen atoms in total. The second-order valence-corrected chi connectivity index (χ2v) is 6.56. The van der Waals surface area contributed by atoms with Gasteiger partial charge in [0, 0.05) is 21.9 Å². The molecule has 0 spiro atoms. The Morgan fingerprint density at radius 1 is 1.57 bits per heavy atom. The Kier molecular flexibility index (Phi) is 3.38. The summed E-state index contributed by atoms with van der Waals surface area (Å²) in [4.78, 5) is 19.9. The van der Waals surface area contributed by atoms with Crippen molar-refractivity contribution in [3.63, 3.8) is 0 Å². The first-order chi connectivity index (χ1) is 12.4. The zero-order valence-corrected chi connectivity index (χ0v) is 13.8. The minimum absolute atomic E-state index is 0.131. The van der Waals surface area contributed by atoms with Crippen LogP contribution in [0.3, 0.4) is 0 Å². The maximum atomic E-state index is 11.8. The highest BCUT2D eigenvalue weighted by atomic mass is 16.3. The van der Waals surface area contributed by atoms with Crippen molar-refractivity contribution in [3.8, 4) is 0 Å². The number of aliphatic hydroxyl groups is 1. The Hall–Kier alpha value is -1.89. The van der Waals surface area contributed by atoms with Crippen molar-refractivity contribution in [2.75, 3.05) is 10.6 Å². The summed E-state index contributed by atoms with van der Waals surface area (Å²) in [6.45, 7) is 6.85. The number of nitrogens with zero attached hydrogens (tertiary/aromatic N) is 2. The van der Waals surface area contributed by atoms with Gasteiger partial charge in [0.15, 0.2) is 0 Å². The SMILES string of the molecule is [2H]C1([2H])CC([2H])(C)C([2H])(O)CC1([2H])Nc1nc(NC(C)(C)C)ncc1C(N)=O. The van der Waals surface area contributed by atoms with E-state index in [0.29, 0.717) is 0 Å². The van der Waals surface area contributed by atoms with Crippen molar-refractivity contribution in [2.45, 2.75) is 64.5 Å². The van der Waals surface area contributed by atoms with E-state index < -0.39 is 48.7 Å². The third-order valence-electron chi connectivity index (χ3n) is 3.21. The van der Waals surface area contributed by atoms with Gasteiger partial charge in [-0.2, -0.15) is 4.98 Å². The topological polar surface area (TPSA) is 113 Å². The van der Waals surface area contributed by atoms with Crippen LogP contribution in [-0.2, 0) is 0 Å². The van der Waals surface area contributed by atoms with Crippen LogP contribution in [0.15, 0.2) is 6.20 Å². The highest BCUT2D eigenvalue weighted by Gasteiger charge is 2.27. The lowest BCUT2D eigenvalue weighted by Crippen LogP contribution is -2.36. The summed E-state index contributed by atoms with van der Waals surface area (Å²) in [7, 11) is 0. The molecule has 3 unspecified atom stereocenters. The lowest BCUT2D eigenvalue weighted by atomic mass is 9.85. The number of rotatable bonds is 4. The van der Waals surface area contributed by atoms with E-state index in [1.807, 2.05) is 20.8 Å². The summed E-state index contributed by atoms with van der Waals surface area (Å²) >= 11 is 0. The van der Waals surface area contributed by atoms with Crippen molar-refractivity contribution < 1.29 is 16.8 Å². The number of aromatic nitrogens is 2. The van der Waals surface area contributed by atoms with E-state index in [2.05, 4.69) is 20.6 Å². The standard InChI is InChI=1S/C16H27N5O2/c1-9-5-6-10(7-12(9)22)19-14-11(13(17)23)8-18-15(20-14)21-16(2,3)4/h8-10,12,22H,5-7H2,1-4H3,(H2,17,23)(H2,18,19,20,21)/i6D2,9D,10D,12D. The molecule has 0 saturated heterocycles. The molecule has 0 radical (unpaired) electrons. The van der Waals surface area contributed by atoms with Gasteiger partial charge in [0.25, 0.3) is 5.91 Å².